The lowest BCUT2D eigenvalue weighted by Crippen LogP contribution is -2.16. The highest BCUT2D eigenvalue weighted by Gasteiger charge is 2.16. The van der Waals surface area contributed by atoms with Crippen molar-refractivity contribution in [2.75, 3.05) is 30.3 Å². The molecule has 0 spiro atoms. The quantitative estimate of drug-likeness (QED) is 0.807. The summed E-state index contributed by atoms with van der Waals surface area (Å²) in [7, 11) is 0. The molecular formula is C16H28N4O. The van der Waals surface area contributed by atoms with Gasteiger partial charge in [0.2, 0.25) is 0 Å². The molecule has 0 radical (unpaired) electrons. The van der Waals surface area contributed by atoms with E-state index in [2.05, 4.69) is 48.3 Å². The number of rotatable bonds is 7. The van der Waals surface area contributed by atoms with E-state index in [4.69, 9.17) is 4.74 Å². The Kier molecular flexibility index (Phi) is 5.79. The lowest BCUT2D eigenvalue weighted by molar-refractivity contribution is 0.107. The predicted octanol–water partition coefficient (Wildman–Crippen LogP) is 3.32. The summed E-state index contributed by atoms with van der Waals surface area (Å²) in [6.07, 6.45) is 3.83. The topological polar surface area (TPSA) is 59.1 Å². The van der Waals surface area contributed by atoms with Crippen LogP contribution < -0.4 is 10.6 Å². The summed E-state index contributed by atoms with van der Waals surface area (Å²) in [5.74, 6) is 3.09. The number of anilines is 2. The largest absolute Gasteiger partial charge is 0.378 e. The van der Waals surface area contributed by atoms with E-state index in [0.717, 1.165) is 49.1 Å². The first kappa shape index (κ1) is 16.0. The Morgan fingerprint density at radius 2 is 1.95 bits per heavy atom. The Bertz CT molecular complexity index is 456. The molecule has 21 heavy (non-hydrogen) atoms. The molecule has 0 bridgehead atoms. The van der Waals surface area contributed by atoms with Gasteiger partial charge in [0, 0.05) is 31.2 Å². The first-order valence-corrected chi connectivity index (χ1v) is 8.09. The molecule has 5 heteroatoms. The van der Waals surface area contributed by atoms with E-state index in [1.807, 2.05) is 0 Å². The van der Waals surface area contributed by atoms with Gasteiger partial charge in [0.05, 0.1) is 6.10 Å². The second-order valence-electron chi connectivity index (χ2n) is 5.94. The van der Waals surface area contributed by atoms with Crippen LogP contribution in [-0.4, -0.2) is 35.8 Å². The van der Waals surface area contributed by atoms with Crippen LogP contribution in [0.15, 0.2) is 0 Å². The molecule has 1 saturated heterocycles. The third-order valence-electron chi connectivity index (χ3n) is 3.81. The van der Waals surface area contributed by atoms with Gasteiger partial charge in [-0.05, 0) is 33.1 Å². The Morgan fingerprint density at radius 1 is 1.24 bits per heavy atom. The molecule has 2 N–H and O–H groups in total. The van der Waals surface area contributed by atoms with Crippen LogP contribution in [-0.2, 0) is 4.74 Å². The number of hydrogen-bond acceptors (Lipinski definition) is 5. The predicted molar refractivity (Wildman–Crippen MR) is 87.1 cm³/mol. The van der Waals surface area contributed by atoms with Crippen molar-refractivity contribution >= 4 is 11.6 Å². The van der Waals surface area contributed by atoms with Gasteiger partial charge >= 0.3 is 0 Å². The van der Waals surface area contributed by atoms with Crippen molar-refractivity contribution in [2.45, 2.75) is 59.0 Å². The number of aromatic nitrogens is 2. The summed E-state index contributed by atoms with van der Waals surface area (Å²) >= 11 is 0. The summed E-state index contributed by atoms with van der Waals surface area (Å²) in [5, 5.41) is 6.79. The van der Waals surface area contributed by atoms with Gasteiger partial charge in [0.25, 0.3) is 0 Å². The van der Waals surface area contributed by atoms with Crippen LogP contribution in [0.5, 0.6) is 0 Å². The molecule has 1 aromatic heterocycles. The maximum absolute atomic E-state index is 5.66. The van der Waals surface area contributed by atoms with E-state index in [1.54, 1.807) is 0 Å². The van der Waals surface area contributed by atoms with Crippen LogP contribution >= 0.6 is 0 Å². The smallest absolute Gasteiger partial charge is 0.135 e. The summed E-state index contributed by atoms with van der Waals surface area (Å²) < 4.78 is 5.66. The monoisotopic (exact) mass is 292 g/mol. The molecule has 0 amide bonds. The Hall–Kier alpha value is -1.36. The zero-order valence-corrected chi connectivity index (χ0v) is 13.7. The molecule has 1 aromatic rings. The lowest BCUT2D eigenvalue weighted by Gasteiger charge is -2.17. The van der Waals surface area contributed by atoms with Crippen molar-refractivity contribution in [1.82, 2.24) is 9.97 Å². The highest BCUT2D eigenvalue weighted by atomic mass is 16.5. The second-order valence-corrected chi connectivity index (χ2v) is 5.94. The van der Waals surface area contributed by atoms with Crippen LogP contribution in [0.2, 0.25) is 0 Å². The molecule has 0 aromatic carbocycles. The van der Waals surface area contributed by atoms with E-state index in [9.17, 15) is 0 Å². The van der Waals surface area contributed by atoms with E-state index in [-0.39, 0.29) is 0 Å². The third kappa shape index (κ3) is 4.30. The minimum atomic E-state index is 0.321. The molecule has 5 nitrogen and oxygen atoms in total. The van der Waals surface area contributed by atoms with Crippen molar-refractivity contribution in [3.05, 3.63) is 11.4 Å². The minimum absolute atomic E-state index is 0.321. The van der Waals surface area contributed by atoms with Gasteiger partial charge in [-0.3, -0.25) is 0 Å². The van der Waals surface area contributed by atoms with E-state index >= 15 is 0 Å². The van der Waals surface area contributed by atoms with E-state index in [1.165, 1.54) is 12.8 Å². The van der Waals surface area contributed by atoms with Gasteiger partial charge in [0.1, 0.15) is 17.5 Å². The van der Waals surface area contributed by atoms with Gasteiger partial charge in [-0.15, -0.1) is 0 Å². The van der Waals surface area contributed by atoms with Gasteiger partial charge in [-0.2, -0.15) is 0 Å². The molecule has 1 aliphatic heterocycles. The molecule has 1 unspecified atom stereocenters. The minimum Gasteiger partial charge on any atom is -0.378 e. The van der Waals surface area contributed by atoms with Crippen LogP contribution in [0, 0.1) is 6.92 Å². The second kappa shape index (κ2) is 7.59. The van der Waals surface area contributed by atoms with E-state index < -0.39 is 0 Å². The molecule has 1 atom stereocenters. The fourth-order valence-corrected chi connectivity index (χ4v) is 2.53. The third-order valence-corrected chi connectivity index (χ3v) is 3.81. The fraction of sp³-hybridized carbons (Fsp3) is 0.750. The zero-order chi connectivity index (χ0) is 15.2. The fourth-order valence-electron chi connectivity index (χ4n) is 2.53. The van der Waals surface area contributed by atoms with Crippen LogP contribution in [0.25, 0.3) is 0 Å². The Labute approximate surface area is 127 Å². The van der Waals surface area contributed by atoms with Crippen molar-refractivity contribution in [2.24, 2.45) is 0 Å². The number of hydrogen-bond donors (Lipinski definition) is 2. The van der Waals surface area contributed by atoms with Gasteiger partial charge in [-0.25, -0.2) is 9.97 Å². The molecule has 0 saturated carbocycles. The SMILES string of the molecule is CCNc1nc(C(C)C)nc(NCCC2CCCO2)c1C. The molecule has 2 heterocycles. The highest BCUT2D eigenvalue weighted by Crippen LogP contribution is 2.23. The molecule has 118 valence electrons. The van der Waals surface area contributed by atoms with Crippen molar-refractivity contribution in [3.63, 3.8) is 0 Å². The maximum atomic E-state index is 5.66. The molecule has 2 rings (SSSR count). The van der Waals surface area contributed by atoms with Gasteiger partial charge < -0.3 is 15.4 Å². The van der Waals surface area contributed by atoms with E-state index in [0.29, 0.717) is 12.0 Å². The first-order chi connectivity index (χ1) is 10.1. The van der Waals surface area contributed by atoms with Gasteiger partial charge in [0.15, 0.2) is 0 Å². The zero-order valence-electron chi connectivity index (χ0n) is 13.7. The lowest BCUT2D eigenvalue weighted by atomic mass is 10.1. The number of nitrogens with one attached hydrogen (secondary N) is 2. The Balaban J connectivity index is 2.05. The standard InChI is InChI=1S/C16H28N4O/c1-5-17-15-12(4)16(20-14(19-15)11(2)3)18-9-8-13-7-6-10-21-13/h11,13H,5-10H2,1-4H3,(H2,17,18,19,20). The summed E-state index contributed by atoms with van der Waals surface area (Å²) in [6, 6.07) is 0. The highest BCUT2D eigenvalue weighted by molar-refractivity contribution is 5.57. The van der Waals surface area contributed by atoms with Gasteiger partial charge in [-0.1, -0.05) is 13.8 Å². The van der Waals surface area contributed by atoms with Crippen molar-refractivity contribution in [3.8, 4) is 0 Å². The van der Waals surface area contributed by atoms with Crippen LogP contribution in [0.1, 0.15) is 57.3 Å². The molecule has 1 fully saturated rings. The number of nitrogens with zero attached hydrogens (tertiary/aromatic N) is 2. The molecule has 0 aliphatic carbocycles. The van der Waals surface area contributed by atoms with Crippen LogP contribution in [0.4, 0.5) is 11.6 Å². The van der Waals surface area contributed by atoms with Crippen molar-refractivity contribution in [1.29, 1.82) is 0 Å². The average Bonchev–Trinajstić information content (AvgIpc) is 2.96. The summed E-state index contributed by atoms with van der Waals surface area (Å²) in [5.41, 5.74) is 1.09. The first-order valence-electron chi connectivity index (χ1n) is 8.09. The number of ether oxygens (including phenoxy) is 1. The van der Waals surface area contributed by atoms with Crippen molar-refractivity contribution < 1.29 is 4.74 Å². The Morgan fingerprint density at radius 3 is 2.52 bits per heavy atom. The molecular weight excluding hydrogens is 264 g/mol. The normalized spacial score (nSPS) is 18.2. The average molecular weight is 292 g/mol. The van der Waals surface area contributed by atoms with Crippen LogP contribution in [0.3, 0.4) is 0 Å². The maximum Gasteiger partial charge on any atom is 0.135 e. The molecule has 1 aliphatic rings. The summed E-state index contributed by atoms with van der Waals surface area (Å²) in [6.45, 7) is 11.1. The summed E-state index contributed by atoms with van der Waals surface area (Å²) in [4.78, 5) is 9.30.